The fraction of sp³-hybridized carbons (Fsp3) is 1.00. The van der Waals surface area contributed by atoms with E-state index >= 15 is 0 Å². The number of hydrogen-bond donors (Lipinski definition) is 0. The molecule has 2 nitrogen and oxygen atoms in total. The molecule has 0 amide bonds. The van der Waals surface area contributed by atoms with E-state index in [1.54, 1.807) is 6.92 Å². The van der Waals surface area contributed by atoms with Gasteiger partial charge in [-0.1, -0.05) is 36.2 Å². The highest BCUT2D eigenvalue weighted by molar-refractivity contribution is 9.09. The Balaban J connectivity index is 4.32. The van der Waals surface area contributed by atoms with Crippen LogP contribution in [0.15, 0.2) is 0 Å². The van der Waals surface area contributed by atoms with Gasteiger partial charge in [-0.3, -0.25) is 0 Å². The van der Waals surface area contributed by atoms with Gasteiger partial charge < -0.3 is 0 Å². The maximum Gasteiger partial charge on any atom is 0.153 e. The van der Waals surface area contributed by atoms with Crippen LogP contribution in [0.2, 0.25) is 0 Å². The molecule has 0 aliphatic heterocycles. The van der Waals surface area contributed by atoms with Crippen LogP contribution < -0.4 is 0 Å². The third-order valence-electron chi connectivity index (χ3n) is 2.57. The highest BCUT2D eigenvalue weighted by Gasteiger charge is 2.23. The van der Waals surface area contributed by atoms with Crippen LogP contribution in [0.4, 0.5) is 0 Å². The Morgan fingerprint density at radius 3 is 2.21 bits per heavy atom. The van der Waals surface area contributed by atoms with Crippen LogP contribution in [0, 0.1) is 5.92 Å². The number of halogens is 1. The van der Waals surface area contributed by atoms with Crippen molar-refractivity contribution >= 4 is 25.8 Å². The van der Waals surface area contributed by atoms with Gasteiger partial charge in [-0.15, -0.1) is 0 Å². The molecule has 0 aromatic rings. The molecule has 0 N–H and O–H groups in total. The zero-order valence-electron chi connectivity index (χ0n) is 9.29. The van der Waals surface area contributed by atoms with E-state index in [4.69, 9.17) is 0 Å². The Labute approximate surface area is 96.5 Å². The molecule has 0 aliphatic rings. The van der Waals surface area contributed by atoms with Crippen molar-refractivity contribution in [3.05, 3.63) is 0 Å². The van der Waals surface area contributed by atoms with Crippen LogP contribution in [-0.2, 0) is 9.84 Å². The van der Waals surface area contributed by atoms with E-state index in [1.165, 1.54) is 0 Å². The van der Waals surface area contributed by atoms with E-state index in [9.17, 15) is 8.42 Å². The number of rotatable bonds is 7. The molecular formula is C10H21BrO2S. The zero-order valence-corrected chi connectivity index (χ0v) is 11.7. The van der Waals surface area contributed by atoms with Gasteiger partial charge in [0.25, 0.3) is 0 Å². The van der Waals surface area contributed by atoms with Crippen LogP contribution in [0.3, 0.4) is 0 Å². The second kappa shape index (κ2) is 6.83. The lowest BCUT2D eigenvalue weighted by Crippen LogP contribution is -2.25. The monoisotopic (exact) mass is 284 g/mol. The summed E-state index contributed by atoms with van der Waals surface area (Å²) in [5.74, 6) is 0.611. The first kappa shape index (κ1) is 14.4. The van der Waals surface area contributed by atoms with Crippen molar-refractivity contribution in [2.24, 2.45) is 5.92 Å². The van der Waals surface area contributed by atoms with E-state index in [0.29, 0.717) is 12.2 Å². The van der Waals surface area contributed by atoms with E-state index < -0.39 is 9.84 Å². The maximum absolute atomic E-state index is 11.8. The molecule has 0 aliphatic carbocycles. The SMILES string of the molecule is CCCC(CBr)CS(=O)(=O)C(C)CC. The quantitative estimate of drug-likeness (QED) is 0.674. The molecule has 86 valence electrons. The Morgan fingerprint density at radius 2 is 1.86 bits per heavy atom. The molecule has 0 aromatic heterocycles. The normalized spacial score (nSPS) is 16.6. The molecule has 14 heavy (non-hydrogen) atoms. The summed E-state index contributed by atoms with van der Waals surface area (Å²) in [6.45, 7) is 5.81. The lowest BCUT2D eigenvalue weighted by Gasteiger charge is -2.16. The Hall–Kier alpha value is 0.430. The zero-order chi connectivity index (χ0) is 11.2. The summed E-state index contributed by atoms with van der Waals surface area (Å²) in [7, 11) is -2.87. The van der Waals surface area contributed by atoms with Crippen molar-refractivity contribution in [2.75, 3.05) is 11.1 Å². The largest absolute Gasteiger partial charge is 0.229 e. The fourth-order valence-corrected chi connectivity index (χ4v) is 3.99. The van der Waals surface area contributed by atoms with Crippen molar-refractivity contribution in [2.45, 2.75) is 45.3 Å². The maximum atomic E-state index is 11.8. The van der Waals surface area contributed by atoms with E-state index in [1.807, 2.05) is 6.92 Å². The van der Waals surface area contributed by atoms with Gasteiger partial charge in [-0.25, -0.2) is 8.42 Å². The lowest BCUT2D eigenvalue weighted by molar-refractivity contribution is 0.542. The molecule has 0 saturated carbocycles. The summed E-state index contributed by atoms with van der Waals surface area (Å²) in [6, 6.07) is 0. The summed E-state index contributed by atoms with van der Waals surface area (Å²) >= 11 is 3.38. The Kier molecular flexibility index (Phi) is 7.04. The molecule has 4 heteroatoms. The average molecular weight is 285 g/mol. The topological polar surface area (TPSA) is 34.1 Å². The molecule has 0 bridgehead atoms. The fourth-order valence-electron chi connectivity index (χ4n) is 1.36. The molecular weight excluding hydrogens is 264 g/mol. The molecule has 0 aromatic carbocycles. The Bertz CT molecular complexity index is 237. The summed E-state index contributed by atoms with van der Waals surface area (Å²) < 4.78 is 23.6. The summed E-state index contributed by atoms with van der Waals surface area (Å²) in [6.07, 6.45) is 2.75. The van der Waals surface area contributed by atoms with Crippen molar-refractivity contribution in [3.63, 3.8) is 0 Å². The van der Waals surface area contributed by atoms with Crippen molar-refractivity contribution < 1.29 is 8.42 Å². The summed E-state index contributed by atoms with van der Waals surface area (Å²) in [5, 5.41) is 0.595. The molecule has 0 radical (unpaired) electrons. The summed E-state index contributed by atoms with van der Waals surface area (Å²) in [4.78, 5) is 0. The second-order valence-electron chi connectivity index (χ2n) is 3.86. The first-order valence-corrected chi connectivity index (χ1v) is 8.09. The first-order valence-electron chi connectivity index (χ1n) is 5.25. The van der Waals surface area contributed by atoms with Gasteiger partial charge in [0.1, 0.15) is 0 Å². The number of alkyl halides is 1. The van der Waals surface area contributed by atoms with Crippen LogP contribution in [0.25, 0.3) is 0 Å². The predicted molar refractivity (Wildman–Crippen MR) is 65.7 cm³/mol. The van der Waals surface area contributed by atoms with Crippen LogP contribution in [-0.4, -0.2) is 24.8 Å². The highest BCUT2D eigenvalue weighted by atomic mass is 79.9. The molecule has 0 fully saturated rings. The van der Waals surface area contributed by atoms with Crippen LogP contribution >= 0.6 is 15.9 Å². The minimum atomic E-state index is -2.87. The van der Waals surface area contributed by atoms with Crippen molar-refractivity contribution in [1.29, 1.82) is 0 Å². The van der Waals surface area contributed by atoms with E-state index in [2.05, 4.69) is 22.9 Å². The van der Waals surface area contributed by atoms with Gasteiger partial charge in [-0.2, -0.15) is 0 Å². The highest BCUT2D eigenvalue weighted by Crippen LogP contribution is 2.16. The van der Waals surface area contributed by atoms with Gasteiger partial charge in [-0.05, 0) is 25.7 Å². The molecule has 2 unspecified atom stereocenters. The van der Waals surface area contributed by atoms with Crippen LogP contribution in [0.5, 0.6) is 0 Å². The Morgan fingerprint density at radius 1 is 1.29 bits per heavy atom. The molecule has 0 spiro atoms. The molecule has 0 rings (SSSR count). The standard InChI is InChI=1S/C10H21BrO2S/c1-4-6-10(7-11)8-14(12,13)9(3)5-2/h9-10H,4-8H2,1-3H3. The van der Waals surface area contributed by atoms with E-state index in [-0.39, 0.29) is 11.2 Å². The minimum Gasteiger partial charge on any atom is -0.229 e. The second-order valence-corrected chi connectivity index (χ2v) is 6.97. The average Bonchev–Trinajstić information content (AvgIpc) is 2.15. The van der Waals surface area contributed by atoms with Gasteiger partial charge in [0.05, 0.1) is 11.0 Å². The number of sulfone groups is 1. The lowest BCUT2D eigenvalue weighted by atomic mass is 10.1. The number of hydrogen-bond acceptors (Lipinski definition) is 2. The summed E-state index contributed by atoms with van der Waals surface area (Å²) in [5.41, 5.74) is 0. The first-order chi connectivity index (χ1) is 6.47. The van der Waals surface area contributed by atoms with Gasteiger partial charge in [0.2, 0.25) is 0 Å². The van der Waals surface area contributed by atoms with E-state index in [0.717, 1.165) is 18.2 Å². The smallest absolute Gasteiger partial charge is 0.153 e. The van der Waals surface area contributed by atoms with Gasteiger partial charge in [0, 0.05) is 5.33 Å². The third-order valence-corrected chi connectivity index (χ3v) is 5.98. The van der Waals surface area contributed by atoms with Crippen molar-refractivity contribution in [3.8, 4) is 0 Å². The third kappa shape index (κ3) is 4.78. The van der Waals surface area contributed by atoms with Crippen LogP contribution in [0.1, 0.15) is 40.0 Å². The minimum absolute atomic E-state index is 0.194. The molecule has 0 saturated heterocycles. The molecule has 2 atom stereocenters. The molecule has 0 heterocycles. The van der Waals surface area contributed by atoms with Gasteiger partial charge in [0.15, 0.2) is 9.84 Å². The van der Waals surface area contributed by atoms with Crippen molar-refractivity contribution in [1.82, 2.24) is 0 Å². The predicted octanol–water partition coefficient (Wildman–Crippen LogP) is 3.01. The van der Waals surface area contributed by atoms with Gasteiger partial charge >= 0.3 is 0 Å².